The molecule has 0 radical (unpaired) electrons. The molecule has 0 aliphatic heterocycles. The van der Waals surface area contributed by atoms with Gasteiger partial charge in [0.2, 0.25) is 5.88 Å². The van der Waals surface area contributed by atoms with E-state index in [1.807, 2.05) is 73.1 Å². The number of aliphatic hydroxyl groups is 1. The topological polar surface area (TPSA) is 69.0 Å². The highest BCUT2D eigenvalue weighted by Gasteiger charge is 2.22. The van der Waals surface area contributed by atoms with Gasteiger partial charge in [-0.25, -0.2) is 4.68 Å². The van der Waals surface area contributed by atoms with Crippen LogP contribution in [0.3, 0.4) is 0 Å². The summed E-state index contributed by atoms with van der Waals surface area (Å²) in [6.45, 7) is 11.4. The normalized spacial score (nSPS) is 12.5. The molecular formula is C28H39N3O4. The Hall–Kier alpha value is -2.71. The highest BCUT2D eigenvalue weighted by Crippen LogP contribution is 2.32. The smallest absolute Gasteiger partial charge is 0.227 e. The highest BCUT2D eigenvalue weighted by atomic mass is 16.5. The summed E-state index contributed by atoms with van der Waals surface area (Å²) in [4.78, 5) is 2.16. The van der Waals surface area contributed by atoms with E-state index < -0.39 is 6.10 Å². The maximum Gasteiger partial charge on any atom is 0.227 e. The summed E-state index contributed by atoms with van der Waals surface area (Å²) in [5, 5.41) is 15.5. The second-order valence-electron chi connectivity index (χ2n) is 9.35. The predicted octanol–water partition coefficient (Wildman–Crippen LogP) is 4.76. The molecule has 2 aromatic carbocycles. The largest absolute Gasteiger partial charge is 0.439 e. The molecule has 0 saturated carbocycles. The van der Waals surface area contributed by atoms with Crippen LogP contribution in [0.4, 0.5) is 0 Å². The Morgan fingerprint density at radius 1 is 1.03 bits per heavy atom. The van der Waals surface area contributed by atoms with E-state index in [1.165, 1.54) is 0 Å². The Morgan fingerprint density at radius 3 is 2.49 bits per heavy atom. The van der Waals surface area contributed by atoms with Gasteiger partial charge in [-0.3, -0.25) is 4.90 Å². The fourth-order valence-corrected chi connectivity index (χ4v) is 3.83. The molecule has 0 aliphatic rings. The number of aliphatic hydroxyl groups excluding tert-OH is 1. The average Bonchev–Trinajstić information content (AvgIpc) is 3.12. The molecule has 0 spiro atoms. The summed E-state index contributed by atoms with van der Waals surface area (Å²) in [6.07, 6.45) is -0.601. The van der Waals surface area contributed by atoms with Crippen LogP contribution >= 0.6 is 0 Å². The van der Waals surface area contributed by atoms with E-state index in [0.29, 0.717) is 51.3 Å². The lowest BCUT2D eigenvalue weighted by Gasteiger charge is -2.25. The molecule has 7 nitrogen and oxygen atoms in total. The molecule has 0 fully saturated rings. The van der Waals surface area contributed by atoms with Gasteiger partial charge < -0.3 is 19.3 Å². The zero-order chi connectivity index (χ0) is 25.2. The van der Waals surface area contributed by atoms with Gasteiger partial charge in [-0.05, 0) is 49.6 Å². The molecular weight excluding hydrogens is 442 g/mol. The standard InChI is InChI=1S/C28H39N3O4/c1-21(2)19-34-20-25(32)17-30(14-15-33-5)18-27-23(4)29-31(24-11-7-6-8-12-24)28(27)35-26-13-9-10-22(3)16-26/h6-13,16,21,25,32H,14-15,17-20H2,1-5H3. The van der Waals surface area contributed by atoms with E-state index in [-0.39, 0.29) is 0 Å². The molecule has 190 valence electrons. The lowest BCUT2D eigenvalue weighted by Crippen LogP contribution is -2.37. The maximum absolute atomic E-state index is 10.6. The van der Waals surface area contributed by atoms with Crippen LogP contribution in [0, 0.1) is 19.8 Å². The van der Waals surface area contributed by atoms with Crippen molar-refractivity contribution in [2.24, 2.45) is 5.92 Å². The van der Waals surface area contributed by atoms with Gasteiger partial charge in [-0.1, -0.05) is 44.2 Å². The number of ether oxygens (including phenoxy) is 3. The first-order valence-corrected chi connectivity index (χ1v) is 12.2. The number of para-hydroxylation sites is 1. The molecule has 1 unspecified atom stereocenters. The van der Waals surface area contributed by atoms with Crippen LogP contribution in [0.1, 0.15) is 30.7 Å². The molecule has 3 rings (SSSR count). The number of aryl methyl sites for hydroxylation is 2. The van der Waals surface area contributed by atoms with Gasteiger partial charge in [0.1, 0.15) is 5.75 Å². The molecule has 0 amide bonds. The Labute approximate surface area is 209 Å². The van der Waals surface area contributed by atoms with Gasteiger partial charge in [-0.15, -0.1) is 0 Å². The van der Waals surface area contributed by atoms with Gasteiger partial charge in [0, 0.05) is 33.4 Å². The fourth-order valence-electron chi connectivity index (χ4n) is 3.83. The molecule has 0 aliphatic carbocycles. The molecule has 1 atom stereocenters. The fraction of sp³-hybridized carbons (Fsp3) is 0.464. The molecule has 1 aromatic heterocycles. The molecule has 1 N–H and O–H groups in total. The van der Waals surface area contributed by atoms with Crippen molar-refractivity contribution < 1.29 is 19.3 Å². The number of benzene rings is 2. The van der Waals surface area contributed by atoms with Crippen LogP contribution in [0.25, 0.3) is 5.69 Å². The first kappa shape index (κ1) is 26.9. The van der Waals surface area contributed by atoms with E-state index >= 15 is 0 Å². The Kier molecular flexibility index (Phi) is 10.3. The lowest BCUT2D eigenvalue weighted by molar-refractivity contribution is 0.00324. The van der Waals surface area contributed by atoms with Gasteiger partial charge in [0.05, 0.1) is 36.3 Å². The maximum atomic E-state index is 10.6. The number of rotatable bonds is 14. The first-order chi connectivity index (χ1) is 16.9. The summed E-state index contributed by atoms with van der Waals surface area (Å²) >= 11 is 0. The van der Waals surface area contributed by atoms with Gasteiger partial charge in [0.15, 0.2) is 0 Å². The number of aromatic nitrogens is 2. The van der Waals surface area contributed by atoms with Crippen molar-refractivity contribution in [3.8, 4) is 17.3 Å². The van der Waals surface area contributed by atoms with Crippen molar-refractivity contribution in [3.63, 3.8) is 0 Å². The lowest BCUT2D eigenvalue weighted by atomic mass is 10.2. The average molecular weight is 482 g/mol. The number of hydrogen-bond acceptors (Lipinski definition) is 6. The SMILES string of the molecule is COCCN(Cc1c(C)nn(-c2ccccc2)c1Oc1cccc(C)c1)CC(O)COCC(C)C. The van der Waals surface area contributed by atoms with Crippen LogP contribution < -0.4 is 4.74 Å². The quantitative estimate of drug-likeness (QED) is 0.358. The van der Waals surface area contributed by atoms with E-state index in [2.05, 4.69) is 18.7 Å². The van der Waals surface area contributed by atoms with Crippen molar-refractivity contribution in [1.82, 2.24) is 14.7 Å². The molecule has 1 heterocycles. The van der Waals surface area contributed by atoms with Crippen molar-refractivity contribution in [1.29, 1.82) is 0 Å². The summed E-state index contributed by atoms with van der Waals surface area (Å²) in [7, 11) is 1.69. The number of nitrogens with zero attached hydrogens (tertiary/aromatic N) is 3. The van der Waals surface area contributed by atoms with E-state index in [0.717, 1.165) is 28.3 Å². The molecule has 35 heavy (non-hydrogen) atoms. The minimum atomic E-state index is -0.601. The predicted molar refractivity (Wildman–Crippen MR) is 138 cm³/mol. The van der Waals surface area contributed by atoms with Crippen LogP contribution in [-0.4, -0.2) is 65.9 Å². The Balaban J connectivity index is 1.89. The molecule has 7 heteroatoms. The zero-order valence-electron chi connectivity index (χ0n) is 21.6. The summed E-state index contributed by atoms with van der Waals surface area (Å²) in [5.41, 5.74) is 3.90. The summed E-state index contributed by atoms with van der Waals surface area (Å²) < 4.78 is 19.3. The van der Waals surface area contributed by atoms with Gasteiger partial charge in [-0.2, -0.15) is 5.10 Å². The van der Waals surface area contributed by atoms with Gasteiger partial charge >= 0.3 is 0 Å². The van der Waals surface area contributed by atoms with Crippen molar-refractivity contribution in [3.05, 3.63) is 71.4 Å². The van der Waals surface area contributed by atoms with Crippen molar-refractivity contribution in [2.45, 2.75) is 40.3 Å². The van der Waals surface area contributed by atoms with Crippen LogP contribution in [0.5, 0.6) is 11.6 Å². The second kappa shape index (κ2) is 13.4. The first-order valence-electron chi connectivity index (χ1n) is 12.2. The van der Waals surface area contributed by atoms with E-state index in [9.17, 15) is 5.11 Å². The van der Waals surface area contributed by atoms with E-state index in [1.54, 1.807) is 7.11 Å². The Morgan fingerprint density at radius 2 is 1.80 bits per heavy atom. The summed E-state index contributed by atoms with van der Waals surface area (Å²) in [6, 6.07) is 18.0. The number of methoxy groups -OCH3 is 1. The van der Waals surface area contributed by atoms with Crippen LogP contribution in [0.15, 0.2) is 54.6 Å². The number of hydrogen-bond donors (Lipinski definition) is 1. The molecule has 0 saturated heterocycles. The second-order valence-corrected chi connectivity index (χ2v) is 9.35. The summed E-state index contributed by atoms with van der Waals surface area (Å²) in [5.74, 6) is 1.86. The van der Waals surface area contributed by atoms with Crippen molar-refractivity contribution in [2.75, 3.05) is 40.0 Å². The zero-order valence-corrected chi connectivity index (χ0v) is 21.6. The van der Waals surface area contributed by atoms with Crippen LogP contribution in [-0.2, 0) is 16.0 Å². The highest BCUT2D eigenvalue weighted by molar-refractivity contribution is 5.43. The van der Waals surface area contributed by atoms with E-state index in [4.69, 9.17) is 19.3 Å². The monoisotopic (exact) mass is 481 g/mol. The third-order valence-corrected chi connectivity index (χ3v) is 5.57. The molecule has 3 aromatic rings. The third kappa shape index (κ3) is 8.18. The van der Waals surface area contributed by atoms with Gasteiger partial charge in [0.25, 0.3) is 0 Å². The minimum Gasteiger partial charge on any atom is -0.439 e. The third-order valence-electron chi connectivity index (χ3n) is 5.57. The Bertz CT molecular complexity index is 1040. The van der Waals surface area contributed by atoms with Crippen molar-refractivity contribution >= 4 is 0 Å². The minimum absolute atomic E-state index is 0.302. The molecule has 0 bridgehead atoms. The van der Waals surface area contributed by atoms with Crippen LogP contribution in [0.2, 0.25) is 0 Å².